The summed E-state index contributed by atoms with van der Waals surface area (Å²) in [5.41, 5.74) is -1.11. The van der Waals surface area contributed by atoms with E-state index in [1.807, 2.05) is 6.92 Å². The second-order valence-corrected chi connectivity index (χ2v) is 4.19. The van der Waals surface area contributed by atoms with Crippen LogP contribution in [0.1, 0.15) is 43.4 Å². The van der Waals surface area contributed by atoms with Gasteiger partial charge in [0.2, 0.25) is 0 Å². The number of rotatable bonds is 5. The maximum atomic E-state index is 13.9. The van der Waals surface area contributed by atoms with E-state index in [1.54, 1.807) is 7.05 Å². The monoisotopic (exact) mass is 263 g/mol. The summed E-state index contributed by atoms with van der Waals surface area (Å²) in [7, 11) is 1.63. The molecule has 0 spiro atoms. The zero-order chi connectivity index (χ0) is 13.8. The molecular formula is C13H17F4N. The number of nitrogens with one attached hydrogen (secondary N) is 1. The Balaban J connectivity index is 3.08. The van der Waals surface area contributed by atoms with Crippen LogP contribution in [0.3, 0.4) is 0 Å². The summed E-state index contributed by atoms with van der Waals surface area (Å²) in [6.07, 6.45) is -2.28. The van der Waals surface area contributed by atoms with Crippen LogP contribution in [0.2, 0.25) is 0 Å². The first kappa shape index (κ1) is 15.0. The van der Waals surface area contributed by atoms with Crippen molar-refractivity contribution in [3.05, 3.63) is 35.1 Å². The van der Waals surface area contributed by atoms with Gasteiger partial charge in [-0.05, 0) is 19.5 Å². The van der Waals surface area contributed by atoms with Crippen LogP contribution < -0.4 is 5.32 Å². The molecule has 0 aromatic heterocycles. The second kappa shape index (κ2) is 6.18. The van der Waals surface area contributed by atoms with E-state index in [4.69, 9.17) is 0 Å². The minimum absolute atomic E-state index is 0.0841. The molecule has 1 rings (SSSR count). The maximum absolute atomic E-state index is 13.9. The SMILES string of the molecule is CCCCC(NC)c1cccc(C(F)(F)F)c1F. The molecule has 1 nitrogen and oxygen atoms in total. The average Bonchev–Trinajstić information content (AvgIpc) is 2.30. The first-order valence-corrected chi connectivity index (χ1v) is 5.94. The minimum Gasteiger partial charge on any atom is -0.313 e. The van der Waals surface area contributed by atoms with E-state index in [0.29, 0.717) is 6.42 Å². The van der Waals surface area contributed by atoms with Gasteiger partial charge in [-0.15, -0.1) is 0 Å². The molecule has 0 bridgehead atoms. The highest BCUT2D eigenvalue weighted by Crippen LogP contribution is 2.34. The number of hydrogen-bond donors (Lipinski definition) is 1. The molecule has 1 unspecified atom stereocenters. The molecule has 0 saturated heterocycles. The Kier molecular flexibility index (Phi) is 5.14. The van der Waals surface area contributed by atoms with E-state index in [-0.39, 0.29) is 11.6 Å². The van der Waals surface area contributed by atoms with Gasteiger partial charge in [-0.1, -0.05) is 31.9 Å². The van der Waals surface area contributed by atoms with E-state index in [0.717, 1.165) is 18.9 Å². The van der Waals surface area contributed by atoms with Crippen LogP contribution in [0.5, 0.6) is 0 Å². The number of alkyl halides is 3. The van der Waals surface area contributed by atoms with Gasteiger partial charge in [-0.3, -0.25) is 0 Å². The fraction of sp³-hybridized carbons (Fsp3) is 0.538. The lowest BCUT2D eigenvalue weighted by atomic mass is 9.98. The smallest absolute Gasteiger partial charge is 0.313 e. The van der Waals surface area contributed by atoms with Gasteiger partial charge in [-0.25, -0.2) is 4.39 Å². The van der Waals surface area contributed by atoms with Crippen molar-refractivity contribution in [2.75, 3.05) is 7.05 Å². The van der Waals surface area contributed by atoms with E-state index < -0.39 is 17.6 Å². The van der Waals surface area contributed by atoms with Crippen molar-refractivity contribution >= 4 is 0 Å². The summed E-state index contributed by atoms with van der Waals surface area (Å²) in [6.45, 7) is 1.98. The molecule has 0 amide bonds. The van der Waals surface area contributed by atoms with Crippen molar-refractivity contribution in [1.29, 1.82) is 0 Å². The first-order chi connectivity index (χ1) is 8.41. The van der Waals surface area contributed by atoms with Gasteiger partial charge >= 0.3 is 6.18 Å². The molecule has 5 heteroatoms. The summed E-state index contributed by atoms with van der Waals surface area (Å²) >= 11 is 0. The molecule has 0 aliphatic rings. The third-order valence-corrected chi connectivity index (χ3v) is 2.90. The Labute approximate surface area is 104 Å². The third kappa shape index (κ3) is 3.45. The van der Waals surface area contributed by atoms with Gasteiger partial charge in [0.15, 0.2) is 0 Å². The average molecular weight is 263 g/mol. The van der Waals surface area contributed by atoms with Crippen LogP contribution in [0.15, 0.2) is 18.2 Å². The molecular weight excluding hydrogens is 246 g/mol. The summed E-state index contributed by atoms with van der Waals surface area (Å²) < 4.78 is 51.6. The molecule has 0 radical (unpaired) electrons. The highest BCUT2D eigenvalue weighted by molar-refractivity contribution is 5.30. The lowest BCUT2D eigenvalue weighted by molar-refractivity contribution is -0.140. The lowest BCUT2D eigenvalue weighted by Gasteiger charge is -2.19. The quantitative estimate of drug-likeness (QED) is 0.781. The van der Waals surface area contributed by atoms with Crippen LogP contribution in [-0.2, 0) is 6.18 Å². The number of unbranched alkanes of at least 4 members (excludes halogenated alkanes) is 1. The topological polar surface area (TPSA) is 12.0 Å². The van der Waals surface area contributed by atoms with Gasteiger partial charge < -0.3 is 5.32 Å². The molecule has 102 valence electrons. The number of halogens is 4. The maximum Gasteiger partial charge on any atom is 0.419 e. The molecule has 18 heavy (non-hydrogen) atoms. The number of benzene rings is 1. The van der Waals surface area contributed by atoms with Crippen molar-refractivity contribution in [3.63, 3.8) is 0 Å². The van der Waals surface area contributed by atoms with Crippen molar-refractivity contribution in [1.82, 2.24) is 5.32 Å². The molecule has 1 aromatic rings. The lowest BCUT2D eigenvalue weighted by Crippen LogP contribution is -2.20. The van der Waals surface area contributed by atoms with Gasteiger partial charge in [-0.2, -0.15) is 13.2 Å². The standard InChI is InChI=1S/C13H17F4N/c1-3-4-8-11(18-2)9-6-5-7-10(12(9)14)13(15,16)17/h5-7,11,18H,3-4,8H2,1-2H3. The Morgan fingerprint density at radius 2 is 1.94 bits per heavy atom. The van der Waals surface area contributed by atoms with Crippen LogP contribution >= 0.6 is 0 Å². The summed E-state index contributed by atoms with van der Waals surface area (Å²) in [5.74, 6) is -1.17. The predicted molar refractivity (Wildman–Crippen MR) is 62.7 cm³/mol. The van der Waals surface area contributed by atoms with Crippen LogP contribution in [0.25, 0.3) is 0 Å². The minimum atomic E-state index is -4.65. The summed E-state index contributed by atoms with van der Waals surface area (Å²) in [5, 5.41) is 2.87. The third-order valence-electron chi connectivity index (χ3n) is 2.90. The van der Waals surface area contributed by atoms with Crippen molar-refractivity contribution in [3.8, 4) is 0 Å². The molecule has 0 aliphatic carbocycles. The normalized spacial score (nSPS) is 13.7. The highest BCUT2D eigenvalue weighted by atomic mass is 19.4. The van der Waals surface area contributed by atoms with Crippen LogP contribution in [0, 0.1) is 5.82 Å². The molecule has 0 aliphatic heterocycles. The van der Waals surface area contributed by atoms with E-state index in [2.05, 4.69) is 5.32 Å². The van der Waals surface area contributed by atoms with Gasteiger partial charge in [0.25, 0.3) is 0 Å². The van der Waals surface area contributed by atoms with Crippen LogP contribution in [0.4, 0.5) is 17.6 Å². The zero-order valence-electron chi connectivity index (χ0n) is 10.4. The summed E-state index contributed by atoms with van der Waals surface area (Å²) in [6, 6.07) is 3.04. The Morgan fingerprint density at radius 3 is 2.44 bits per heavy atom. The largest absolute Gasteiger partial charge is 0.419 e. The predicted octanol–water partition coefficient (Wildman–Crippen LogP) is 4.30. The van der Waals surface area contributed by atoms with Crippen molar-refractivity contribution in [2.45, 2.75) is 38.4 Å². The molecule has 0 heterocycles. The molecule has 1 N–H and O–H groups in total. The zero-order valence-corrected chi connectivity index (χ0v) is 10.4. The van der Waals surface area contributed by atoms with Gasteiger partial charge in [0.1, 0.15) is 5.82 Å². The molecule has 0 fully saturated rings. The van der Waals surface area contributed by atoms with E-state index >= 15 is 0 Å². The van der Waals surface area contributed by atoms with Crippen molar-refractivity contribution < 1.29 is 17.6 Å². The fourth-order valence-electron chi connectivity index (χ4n) is 1.90. The number of hydrogen-bond acceptors (Lipinski definition) is 1. The van der Waals surface area contributed by atoms with Gasteiger partial charge in [0, 0.05) is 11.6 Å². The highest BCUT2D eigenvalue weighted by Gasteiger charge is 2.35. The Hall–Kier alpha value is -1.10. The van der Waals surface area contributed by atoms with E-state index in [9.17, 15) is 17.6 Å². The van der Waals surface area contributed by atoms with E-state index in [1.165, 1.54) is 12.1 Å². The van der Waals surface area contributed by atoms with Crippen LogP contribution in [-0.4, -0.2) is 7.05 Å². The fourth-order valence-corrected chi connectivity index (χ4v) is 1.90. The van der Waals surface area contributed by atoms with Crippen molar-refractivity contribution in [2.24, 2.45) is 0 Å². The second-order valence-electron chi connectivity index (χ2n) is 4.19. The van der Waals surface area contributed by atoms with Gasteiger partial charge in [0.05, 0.1) is 5.56 Å². The summed E-state index contributed by atoms with van der Waals surface area (Å²) in [4.78, 5) is 0. The molecule has 1 atom stereocenters. The molecule has 1 aromatic carbocycles. The Bertz CT molecular complexity index is 387. The Morgan fingerprint density at radius 1 is 1.28 bits per heavy atom. The first-order valence-electron chi connectivity index (χ1n) is 5.94. The molecule has 0 saturated carbocycles.